The number of nitrogens with one attached hydrogen (secondary N) is 1. The summed E-state index contributed by atoms with van der Waals surface area (Å²) in [7, 11) is 0. The van der Waals surface area contributed by atoms with Crippen LogP contribution < -0.4 is 27.7 Å². The highest BCUT2D eigenvalue weighted by Gasteiger charge is 2.07. The van der Waals surface area contributed by atoms with E-state index in [4.69, 9.17) is 27.7 Å². The third-order valence-electron chi connectivity index (χ3n) is 4.70. The minimum Gasteiger partial charge on any atom is -0.457 e. The Morgan fingerprint density at radius 2 is 1.21 bits per heavy atom. The van der Waals surface area contributed by atoms with Crippen molar-refractivity contribution in [1.29, 1.82) is 0 Å². The minimum absolute atomic E-state index is 0.484. The second-order valence-corrected chi connectivity index (χ2v) is 6.78. The molecule has 0 radical (unpaired) electrons. The Hall–Kier alpha value is -3.16. The van der Waals surface area contributed by atoms with E-state index in [1.165, 1.54) is 0 Å². The largest absolute Gasteiger partial charge is 0.457 e. The molecule has 0 spiro atoms. The van der Waals surface area contributed by atoms with Crippen LogP contribution in [0.15, 0.2) is 72.8 Å². The highest BCUT2D eigenvalue weighted by molar-refractivity contribution is 5.86. The molecule has 1 heterocycles. The number of aromatic amines is 1. The maximum atomic E-state index is 5.89. The average molecular weight is 373 g/mol. The lowest BCUT2D eigenvalue weighted by atomic mass is 10.1. The molecule has 9 N–H and O–H groups in total. The number of fused-ring (bicyclic) bond motifs is 1. The molecular formula is C22H23N5O. The minimum atomic E-state index is -0.485. The second kappa shape index (κ2) is 7.46. The number of ether oxygens (including phenoxy) is 1. The first-order valence-electron chi connectivity index (χ1n) is 9.03. The van der Waals surface area contributed by atoms with Gasteiger partial charge in [0.1, 0.15) is 11.5 Å². The normalized spacial score (nSPS) is 11.5. The van der Waals surface area contributed by atoms with Crippen molar-refractivity contribution in [3.05, 3.63) is 83.9 Å². The molecule has 0 fully saturated rings. The fourth-order valence-electron chi connectivity index (χ4n) is 3.10. The van der Waals surface area contributed by atoms with E-state index in [-0.39, 0.29) is 0 Å². The zero-order chi connectivity index (χ0) is 19.7. The van der Waals surface area contributed by atoms with Crippen LogP contribution in [0.3, 0.4) is 0 Å². The molecule has 4 rings (SSSR count). The molecule has 0 aliphatic heterocycles. The van der Waals surface area contributed by atoms with Gasteiger partial charge in [-0.05, 0) is 65.2 Å². The van der Waals surface area contributed by atoms with Gasteiger partial charge in [-0.2, -0.15) is 0 Å². The quantitative estimate of drug-likeness (QED) is 0.342. The van der Waals surface area contributed by atoms with Crippen LogP contribution in [-0.4, -0.2) is 4.98 Å². The van der Waals surface area contributed by atoms with E-state index < -0.39 is 12.3 Å². The molecule has 0 aliphatic rings. The van der Waals surface area contributed by atoms with Crippen LogP contribution in [-0.2, 0) is 0 Å². The molecular weight excluding hydrogens is 350 g/mol. The lowest BCUT2D eigenvalue weighted by molar-refractivity contribution is 0.482. The third kappa shape index (κ3) is 3.76. The van der Waals surface area contributed by atoms with Crippen molar-refractivity contribution in [2.45, 2.75) is 12.3 Å². The topological polar surface area (TPSA) is 129 Å². The molecule has 0 aliphatic carbocycles. The third-order valence-corrected chi connectivity index (χ3v) is 4.70. The summed E-state index contributed by atoms with van der Waals surface area (Å²) in [5.74, 6) is 1.48. The van der Waals surface area contributed by atoms with Crippen molar-refractivity contribution >= 4 is 10.9 Å². The lowest BCUT2D eigenvalue weighted by Gasteiger charge is -2.09. The molecule has 0 bridgehead atoms. The summed E-state index contributed by atoms with van der Waals surface area (Å²) in [6.07, 6.45) is -0.969. The number of nitrogens with two attached hydrogens (primary N) is 4. The number of H-pyrrole nitrogens is 1. The van der Waals surface area contributed by atoms with E-state index in [9.17, 15) is 0 Å². The highest BCUT2D eigenvalue weighted by atomic mass is 16.5. The van der Waals surface area contributed by atoms with Crippen molar-refractivity contribution in [2.75, 3.05) is 0 Å². The predicted molar refractivity (Wildman–Crippen MR) is 112 cm³/mol. The Labute approximate surface area is 163 Å². The van der Waals surface area contributed by atoms with Crippen LogP contribution in [0.2, 0.25) is 0 Å². The smallest absolute Gasteiger partial charge is 0.127 e. The SMILES string of the molecule is NC(N)c1ccc(Oc2ccc(-c3cc4ccc(C(N)N)cc4[nH]3)cc2)cc1. The first-order chi connectivity index (χ1) is 13.5. The molecule has 0 amide bonds. The van der Waals surface area contributed by atoms with Gasteiger partial charge in [0.25, 0.3) is 0 Å². The monoisotopic (exact) mass is 373 g/mol. The lowest BCUT2D eigenvalue weighted by Crippen LogP contribution is -2.19. The summed E-state index contributed by atoms with van der Waals surface area (Å²) in [5.41, 5.74) is 27.7. The Kier molecular flexibility index (Phi) is 4.85. The predicted octanol–water partition coefficient (Wildman–Crippen LogP) is 3.46. The number of hydrogen-bond acceptors (Lipinski definition) is 5. The van der Waals surface area contributed by atoms with Gasteiger partial charge in [0.2, 0.25) is 0 Å². The molecule has 1 aromatic heterocycles. The molecule has 28 heavy (non-hydrogen) atoms. The summed E-state index contributed by atoms with van der Waals surface area (Å²) in [4.78, 5) is 3.42. The van der Waals surface area contributed by atoms with Crippen molar-refractivity contribution in [1.82, 2.24) is 4.98 Å². The van der Waals surface area contributed by atoms with Gasteiger partial charge < -0.3 is 32.7 Å². The zero-order valence-electron chi connectivity index (χ0n) is 15.3. The van der Waals surface area contributed by atoms with Crippen LogP contribution >= 0.6 is 0 Å². The summed E-state index contributed by atoms with van der Waals surface area (Å²) in [6.45, 7) is 0. The van der Waals surface area contributed by atoms with Crippen LogP contribution in [0, 0.1) is 0 Å². The molecule has 4 aromatic rings. The number of hydrogen-bond donors (Lipinski definition) is 5. The first-order valence-corrected chi connectivity index (χ1v) is 9.03. The summed E-state index contributed by atoms with van der Waals surface area (Å²) >= 11 is 0. The second-order valence-electron chi connectivity index (χ2n) is 6.78. The van der Waals surface area contributed by atoms with Gasteiger partial charge in [0.15, 0.2) is 0 Å². The molecule has 3 aromatic carbocycles. The Bertz CT molecular complexity index is 1080. The van der Waals surface area contributed by atoms with Gasteiger partial charge in [-0.25, -0.2) is 0 Å². The van der Waals surface area contributed by atoms with E-state index >= 15 is 0 Å². The molecule has 0 atom stereocenters. The van der Waals surface area contributed by atoms with Crippen molar-refractivity contribution in [3.8, 4) is 22.8 Å². The van der Waals surface area contributed by atoms with Gasteiger partial charge in [-0.15, -0.1) is 0 Å². The average Bonchev–Trinajstić information content (AvgIpc) is 3.12. The van der Waals surface area contributed by atoms with Crippen LogP contribution in [0.5, 0.6) is 11.5 Å². The molecule has 0 saturated heterocycles. The molecule has 6 heteroatoms. The maximum Gasteiger partial charge on any atom is 0.127 e. The number of rotatable bonds is 5. The van der Waals surface area contributed by atoms with Gasteiger partial charge in [-0.1, -0.05) is 24.3 Å². The van der Waals surface area contributed by atoms with Gasteiger partial charge in [-0.3, -0.25) is 0 Å². The first kappa shape index (κ1) is 18.2. The van der Waals surface area contributed by atoms with E-state index in [1.54, 1.807) is 0 Å². The summed E-state index contributed by atoms with van der Waals surface area (Å²) in [6, 6.07) is 23.4. The van der Waals surface area contributed by atoms with E-state index in [2.05, 4.69) is 11.1 Å². The highest BCUT2D eigenvalue weighted by Crippen LogP contribution is 2.28. The van der Waals surface area contributed by atoms with Crippen molar-refractivity contribution in [2.24, 2.45) is 22.9 Å². The molecule has 142 valence electrons. The van der Waals surface area contributed by atoms with E-state index in [1.807, 2.05) is 66.7 Å². The van der Waals surface area contributed by atoms with Crippen LogP contribution in [0.4, 0.5) is 0 Å². The molecule has 0 saturated carbocycles. The number of benzene rings is 3. The molecule has 0 unspecified atom stereocenters. The fraction of sp³-hybridized carbons (Fsp3) is 0.0909. The Balaban J connectivity index is 1.53. The Morgan fingerprint density at radius 1 is 0.643 bits per heavy atom. The van der Waals surface area contributed by atoms with Gasteiger partial charge in [0, 0.05) is 16.6 Å². The molecule has 6 nitrogen and oxygen atoms in total. The summed E-state index contributed by atoms with van der Waals surface area (Å²) < 4.78 is 5.89. The van der Waals surface area contributed by atoms with Crippen LogP contribution in [0.1, 0.15) is 23.5 Å². The van der Waals surface area contributed by atoms with Gasteiger partial charge in [0.05, 0.1) is 12.3 Å². The van der Waals surface area contributed by atoms with E-state index in [0.29, 0.717) is 0 Å². The van der Waals surface area contributed by atoms with Crippen molar-refractivity contribution < 1.29 is 4.74 Å². The Morgan fingerprint density at radius 3 is 1.82 bits per heavy atom. The maximum absolute atomic E-state index is 5.89. The van der Waals surface area contributed by atoms with Gasteiger partial charge >= 0.3 is 0 Å². The zero-order valence-corrected chi connectivity index (χ0v) is 15.3. The van der Waals surface area contributed by atoms with Crippen LogP contribution in [0.25, 0.3) is 22.2 Å². The van der Waals surface area contributed by atoms with E-state index in [0.717, 1.165) is 44.8 Å². The number of aromatic nitrogens is 1. The van der Waals surface area contributed by atoms with Crippen molar-refractivity contribution in [3.63, 3.8) is 0 Å². The standard InChI is InChI=1S/C22H23N5O/c23-21(24)14-5-9-18(10-6-14)28-17-7-3-13(4-8-17)19-11-15-1-2-16(22(25)26)12-20(15)27-19/h1-12,21-22,27H,23-26H2. The summed E-state index contributed by atoms with van der Waals surface area (Å²) in [5, 5.41) is 1.11. The fourth-order valence-corrected chi connectivity index (χ4v) is 3.10.